The maximum Gasteiger partial charge on any atom is 0.339 e. The van der Waals surface area contributed by atoms with E-state index in [1.54, 1.807) is 10.6 Å². The highest BCUT2D eigenvalue weighted by atomic mass is 35.5. The molecule has 3 aromatic rings. The first-order valence-electron chi connectivity index (χ1n) is 8.80. The minimum Gasteiger partial charge on any atom is -0.478 e. The number of fused-ring (bicyclic) bond motifs is 1. The Bertz CT molecular complexity index is 970. The van der Waals surface area contributed by atoms with Crippen molar-refractivity contribution in [2.24, 2.45) is 12.8 Å². The Morgan fingerprint density at radius 3 is 2.57 bits per heavy atom. The molecule has 3 N–H and O–H groups in total. The lowest BCUT2D eigenvalue weighted by molar-refractivity contribution is 0.0698. The molecule has 0 amide bonds. The van der Waals surface area contributed by atoms with E-state index in [2.05, 4.69) is 4.98 Å². The van der Waals surface area contributed by atoms with Crippen molar-refractivity contribution in [2.75, 3.05) is 11.9 Å². The maximum absolute atomic E-state index is 11.4. The summed E-state index contributed by atoms with van der Waals surface area (Å²) in [5.41, 5.74) is 7.09. The molecule has 150 valence electrons. The lowest BCUT2D eigenvalue weighted by atomic mass is 9.95. The predicted octanol–water partition coefficient (Wildman–Crippen LogP) is 4.61. The molecule has 2 heterocycles. The van der Waals surface area contributed by atoms with Gasteiger partial charge in [-0.3, -0.25) is 0 Å². The van der Waals surface area contributed by atoms with Gasteiger partial charge in [-0.2, -0.15) is 0 Å². The molecule has 0 unspecified atom stereocenters. The number of halogens is 2. The van der Waals surface area contributed by atoms with Crippen LogP contribution in [0.1, 0.15) is 29.6 Å². The number of pyridine rings is 1. The topological polar surface area (TPSA) is 84.4 Å². The molecule has 0 bridgehead atoms. The van der Waals surface area contributed by atoms with Gasteiger partial charge in [-0.15, -0.1) is 12.4 Å². The van der Waals surface area contributed by atoms with Crippen LogP contribution < -0.4 is 10.6 Å². The van der Waals surface area contributed by atoms with Gasteiger partial charge in [0.15, 0.2) is 0 Å². The van der Waals surface area contributed by atoms with E-state index in [0.717, 1.165) is 11.1 Å². The van der Waals surface area contributed by atoms with Crippen LogP contribution in [0.4, 0.5) is 11.5 Å². The highest BCUT2D eigenvalue weighted by molar-refractivity contribution is 6.30. The maximum atomic E-state index is 11.4. The quantitative estimate of drug-likeness (QED) is 0.643. The van der Waals surface area contributed by atoms with Crippen LogP contribution in [0.15, 0.2) is 42.7 Å². The molecule has 1 fully saturated rings. The summed E-state index contributed by atoms with van der Waals surface area (Å²) in [5, 5.41) is 10.7. The molecule has 6 nitrogen and oxygen atoms in total. The lowest BCUT2D eigenvalue weighted by Crippen LogP contribution is -2.27. The normalized spacial score (nSPS) is 13.1. The van der Waals surface area contributed by atoms with E-state index >= 15 is 0 Å². The third-order valence-corrected chi connectivity index (χ3v) is 5.01. The van der Waals surface area contributed by atoms with Crippen molar-refractivity contribution in [1.82, 2.24) is 9.55 Å². The van der Waals surface area contributed by atoms with Crippen LogP contribution in [-0.2, 0) is 7.05 Å². The number of aromatic nitrogens is 2. The zero-order chi connectivity index (χ0) is 19.6. The summed E-state index contributed by atoms with van der Waals surface area (Å²) in [4.78, 5) is 17.6. The average Bonchev–Trinajstić information content (AvgIpc) is 3.01. The number of hydrogen-bond acceptors (Lipinski definition) is 4. The summed E-state index contributed by atoms with van der Waals surface area (Å²) in [7, 11) is 3.69. The Morgan fingerprint density at radius 1 is 1.36 bits per heavy atom. The fraction of sp³-hybridized carbons (Fsp3) is 0.300. The third-order valence-electron chi connectivity index (χ3n) is 4.78. The Balaban J connectivity index is 0.000000408. The van der Waals surface area contributed by atoms with Crippen LogP contribution in [0, 0.1) is 0 Å². The highest BCUT2D eigenvalue weighted by Crippen LogP contribution is 2.32. The van der Waals surface area contributed by atoms with E-state index in [1.807, 2.05) is 49.5 Å². The van der Waals surface area contributed by atoms with E-state index in [4.69, 9.17) is 17.3 Å². The number of hydrogen-bond donors (Lipinski definition) is 2. The van der Waals surface area contributed by atoms with Gasteiger partial charge in [-0.1, -0.05) is 24.1 Å². The molecular formula is C20H24Cl2N4O2. The van der Waals surface area contributed by atoms with Gasteiger partial charge in [0.2, 0.25) is 0 Å². The summed E-state index contributed by atoms with van der Waals surface area (Å²) in [6, 6.07) is 9.86. The van der Waals surface area contributed by atoms with Gasteiger partial charge in [0.1, 0.15) is 11.4 Å². The zero-order valence-electron chi connectivity index (χ0n) is 15.8. The molecule has 0 radical (unpaired) electrons. The molecule has 1 aliphatic rings. The summed E-state index contributed by atoms with van der Waals surface area (Å²) in [6.07, 6.45) is 7.11. The van der Waals surface area contributed by atoms with E-state index in [0.29, 0.717) is 22.4 Å². The Labute approximate surface area is 175 Å². The van der Waals surface area contributed by atoms with Crippen LogP contribution in [0.2, 0.25) is 5.02 Å². The van der Waals surface area contributed by atoms with Crippen LogP contribution >= 0.6 is 24.0 Å². The number of carboxylic acid groups (broad SMARTS) is 1. The number of aromatic carboxylic acids is 1. The Hall–Kier alpha value is -2.28. The second kappa shape index (κ2) is 9.28. The molecule has 0 spiro atoms. The van der Waals surface area contributed by atoms with Crippen LogP contribution in [0.25, 0.3) is 10.9 Å². The molecular weight excluding hydrogens is 399 g/mol. The number of rotatable bonds is 3. The van der Waals surface area contributed by atoms with Crippen molar-refractivity contribution in [3.05, 3.63) is 53.3 Å². The zero-order valence-corrected chi connectivity index (χ0v) is 17.4. The second-order valence-corrected chi connectivity index (χ2v) is 7.16. The smallest absolute Gasteiger partial charge is 0.339 e. The van der Waals surface area contributed by atoms with E-state index < -0.39 is 5.97 Å². The Kier molecular flexibility index (Phi) is 7.29. The second-order valence-electron chi connectivity index (χ2n) is 6.72. The fourth-order valence-electron chi connectivity index (χ4n) is 2.97. The van der Waals surface area contributed by atoms with E-state index in [-0.39, 0.29) is 18.0 Å². The van der Waals surface area contributed by atoms with Crippen LogP contribution in [-0.4, -0.2) is 33.7 Å². The van der Waals surface area contributed by atoms with Crippen LogP contribution in [0.5, 0.6) is 0 Å². The SMILES string of the molecule is CN(c1cccc(Cl)c1)c1ncc(C(=O)O)c2c1ccn2C.Cl.NC1CCC1. The van der Waals surface area contributed by atoms with Gasteiger partial charge >= 0.3 is 5.97 Å². The number of carbonyl (C=O) groups is 1. The fourth-order valence-corrected chi connectivity index (χ4v) is 3.16. The van der Waals surface area contributed by atoms with Crippen molar-refractivity contribution in [3.63, 3.8) is 0 Å². The molecule has 1 aliphatic carbocycles. The summed E-state index contributed by atoms with van der Waals surface area (Å²) < 4.78 is 1.79. The standard InChI is InChI=1S/C16H14ClN3O2.C4H9N.ClH/c1-19-7-6-12-14(19)13(16(21)22)9-18-15(12)20(2)11-5-3-4-10(17)8-11;5-4-2-1-3-4;/h3-9H,1-2H3,(H,21,22);4H,1-3,5H2;1H. The van der Waals surface area contributed by atoms with Gasteiger partial charge in [0.05, 0.1) is 5.52 Å². The average molecular weight is 423 g/mol. The number of nitrogens with two attached hydrogens (primary N) is 1. The largest absolute Gasteiger partial charge is 0.478 e. The molecule has 4 rings (SSSR count). The number of carboxylic acids is 1. The first kappa shape index (κ1) is 22.0. The minimum absolute atomic E-state index is 0. The Morgan fingerprint density at radius 2 is 2.04 bits per heavy atom. The van der Waals surface area contributed by atoms with Gasteiger partial charge in [0.25, 0.3) is 0 Å². The number of anilines is 2. The van der Waals surface area contributed by atoms with Gasteiger partial charge in [-0.05, 0) is 37.1 Å². The molecule has 2 aromatic heterocycles. The van der Waals surface area contributed by atoms with Gasteiger partial charge < -0.3 is 20.3 Å². The van der Waals surface area contributed by atoms with E-state index in [9.17, 15) is 9.90 Å². The molecule has 0 atom stereocenters. The molecule has 1 aromatic carbocycles. The van der Waals surface area contributed by atoms with Crippen molar-refractivity contribution in [1.29, 1.82) is 0 Å². The summed E-state index contributed by atoms with van der Waals surface area (Å²) >= 11 is 6.04. The number of aryl methyl sites for hydroxylation is 1. The number of benzene rings is 1. The highest BCUT2D eigenvalue weighted by Gasteiger charge is 2.18. The number of nitrogens with zero attached hydrogens (tertiary/aromatic N) is 3. The van der Waals surface area contributed by atoms with Crippen molar-refractivity contribution < 1.29 is 9.90 Å². The molecule has 0 saturated heterocycles. The van der Waals surface area contributed by atoms with Crippen molar-refractivity contribution in [3.8, 4) is 0 Å². The molecule has 28 heavy (non-hydrogen) atoms. The summed E-state index contributed by atoms with van der Waals surface area (Å²) in [6.45, 7) is 0. The first-order chi connectivity index (χ1) is 12.9. The lowest BCUT2D eigenvalue weighted by Gasteiger charge is -2.20. The molecule has 1 saturated carbocycles. The first-order valence-corrected chi connectivity index (χ1v) is 9.18. The third kappa shape index (κ3) is 4.58. The molecule has 0 aliphatic heterocycles. The monoisotopic (exact) mass is 422 g/mol. The summed E-state index contributed by atoms with van der Waals surface area (Å²) in [5.74, 6) is -0.306. The van der Waals surface area contributed by atoms with Crippen LogP contribution in [0.3, 0.4) is 0 Å². The van der Waals surface area contributed by atoms with Crippen molar-refractivity contribution in [2.45, 2.75) is 25.3 Å². The minimum atomic E-state index is -0.990. The van der Waals surface area contributed by atoms with Gasteiger partial charge in [-0.25, -0.2) is 9.78 Å². The predicted molar refractivity (Wildman–Crippen MR) is 116 cm³/mol. The molecule has 8 heteroatoms. The van der Waals surface area contributed by atoms with Gasteiger partial charge in [0, 0.05) is 48.6 Å². The van der Waals surface area contributed by atoms with E-state index in [1.165, 1.54) is 25.5 Å². The van der Waals surface area contributed by atoms with Crippen molar-refractivity contribution >= 4 is 52.4 Å².